The van der Waals surface area contributed by atoms with Gasteiger partial charge in [-0.2, -0.15) is 0 Å². The van der Waals surface area contributed by atoms with Gasteiger partial charge >= 0.3 is 0 Å². The minimum absolute atomic E-state index is 0. The molecule has 1 rings (SSSR count). The maximum absolute atomic E-state index is 5.17. The van der Waals surface area contributed by atoms with Crippen LogP contribution in [-0.2, 0) is 0 Å². The molecule has 0 fully saturated rings. The second-order valence-corrected chi connectivity index (χ2v) is 3.42. The van der Waals surface area contributed by atoms with Gasteiger partial charge in [0, 0.05) is 6.04 Å². The summed E-state index contributed by atoms with van der Waals surface area (Å²) in [6.07, 6.45) is 0. The Morgan fingerprint density at radius 3 is 2.43 bits per heavy atom. The number of nitrogens with zero attached hydrogens (tertiary/aromatic N) is 1. The first-order valence-electron chi connectivity index (χ1n) is 4.45. The van der Waals surface area contributed by atoms with Gasteiger partial charge in [-0.25, -0.2) is 0 Å². The molecule has 0 radical (unpaired) electrons. The maximum Gasteiger partial charge on any atom is 0.119 e. The molecule has 0 bridgehead atoms. The first kappa shape index (κ1) is 13.3. The van der Waals surface area contributed by atoms with E-state index in [2.05, 4.69) is 38.1 Å². The van der Waals surface area contributed by atoms with Crippen LogP contribution in [0, 0.1) is 0 Å². The molecule has 1 aromatic rings. The van der Waals surface area contributed by atoms with Gasteiger partial charge < -0.3 is 9.64 Å². The van der Waals surface area contributed by atoms with Gasteiger partial charge in [-0.3, -0.25) is 0 Å². The van der Waals surface area contributed by atoms with E-state index in [9.17, 15) is 0 Å². The third-order valence-electron chi connectivity index (χ3n) is 2.35. The van der Waals surface area contributed by atoms with Crippen molar-refractivity contribution in [3.8, 4) is 5.75 Å². The van der Waals surface area contributed by atoms with E-state index in [0.29, 0.717) is 6.04 Å². The normalized spacial score (nSPS) is 12.1. The van der Waals surface area contributed by atoms with Crippen molar-refractivity contribution in [2.24, 2.45) is 0 Å². The third-order valence-corrected chi connectivity index (χ3v) is 2.35. The number of rotatable bonds is 3. The summed E-state index contributed by atoms with van der Waals surface area (Å²) < 4.78 is 5.17. The van der Waals surface area contributed by atoms with Gasteiger partial charge in [0.05, 0.1) is 7.11 Å². The van der Waals surface area contributed by atoms with Crippen molar-refractivity contribution in [1.82, 2.24) is 4.90 Å². The zero-order chi connectivity index (χ0) is 9.84. The Labute approximate surface area is 92.3 Å². The number of hydrogen-bond donors (Lipinski definition) is 0. The fourth-order valence-corrected chi connectivity index (χ4v) is 1.20. The summed E-state index contributed by atoms with van der Waals surface area (Å²) in [6.45, 7) is 2.18. The first-order chi connectivity index (χ1) is 6.15. The van der Waals surface area contributed by atoms with Crippen molar-refractivity contribution in [2.75, 3.05) is 21.2 Å². The highest BCUT2D eigenvalue weighted by molar-refractivity contribution is 5.85. The molecule has 1 aromatic carbocycles. The molecule has 0 aliphatic heterocycles. The Hall–Kier alpha value is -0.730. The second-order valence-electron chi connectivity index (χ2n) is 3.42. The topological polar surface area (TPSA) is 12.5 Å². The highest BCUT2D eigenvalue weighted by Gasteiger charge is 2.07. The summed E-state index contributed by atoms with van der Waals surface area (Å²) in [5, 5.41) is 0. The minimum atomic E-state index is 0. The lowest BCUT2D eigenvalue weighted by Gasteiger charge is -2.20. The molecule has 0 saturated heterocycles. The van der Waals surface area contributed by atoms with Crippen LogP contribution in [0.4, 0.5) is 0 Å². The van der Waals surface area contributed by atoms with E-state index in [-0.39, 0.29) is 12.4 Å². The molecular weight excluding hydrogens is 198 g/mol. The maximum atomic E-state index is 5.17. The van der Waals surface area contributed by atoms with Crippen LogP contribution in [0.1, 0.15) is 18.5 Å². The SMILES string of the molecule is COc1cccc(C(C)N(C)C)c1.Cl. The molecule has 2 nitrogen and oxygen atoms in total. The van der Waals surface area contributed by atoms with E-state index in [1.807, 2.05) is 12.1 Å². The van der Waals surface area contributed by atoms with E-state index in [1.165, 1.54) is 5.56 Å². The van der Waals surface area contributed by atoms with Crippen LogP contribution in [0.5, 0.6) is 5.75 Å². The number of hydrogen-bond acceptors (Lipinski definition) is 2. The van der Waals surface area contributed by atoms with Gasteiger partial charge in [0.15, 0.2) is 0 Å². The van der Waals surface area contributed by atoms with Gasteiger partial charge in [-0.05, 0) is 38.7 Å². The van der Waals surface area contributed by atoms with E-state index in [1.54, 1.807) is 7.11 Å². The molecule has 0 aromatic heterocycles. The van der Waals surface area contributed by atoms with Gasteiger partial charge in [0.25, 0.3) is 0 Å². The summed E-state index contributed by atoms with van der Waals surface area (Å²) >= 11 is 0. The summed E-state index contributed by atoms with van der Waals surface area (Å²) in [4.78, 5) is 2.18. The Morgan fingerprint density at radius 1 is 1.29 bits per heavy atom. The van der Waals surface area contributed by atoms with Crippen molar-refractivity contribution in [3.05, 3.63) is 29.8 Å². The minimum Gasteiger partial charge on any atom is -0.497 e. The Balaban J connectivity index is 0.00000169. The average molecular weight is 216 g/mol. The molecule has 0 aliphatic carbocycles. The van der Waals surface area contributed by atoms with E-state index >= 15 is 0 Å². The van der Waals surface area contributed by atoms with Crippen LogP contribution in [0.15, 0.2) is 24.3 Å². The highest BCUT2D eigenvalue weighted by Crippen LogP contribution is 2.21. The summed E-state index contributed by atoms with van der Waals surface area (Å²) in [5.74, 6) is 0.922. The van der Waals surface area contributed by atoms with Crippen LogP contribution in [-0.4, -0.2) is 26.1 Å². The summed E-state index contributed by atoms with van der Waals surface area (Å²) in [6, 6.07) is 8.60. The van der Waals surface area contributed by atoms with E-state index in [0.717, 1.165) is 5.75 Å². The van der Waals surface area contributed by atoms with E-state index in [4.69, 9.17) is 4.74 Å². The molecule has 0 saturated carbocycles. The van der Waals surface area contributed by atoms with Crippen LogP contribution >= 0.6 is 12.4 Å². The molecule has 0 N–H and O–H groups in total. The summed E-state index contributed by atoms with van der Waals surface area (Å²) in [7, 11) is 5.84. The van der Waals surface area contributed by atoms with Crippen LogP contribution in [0.2, 0.25) is 0 Å². The summed E-state index contributed by atoms with van der Waals surface area (Å²) in [5.41, 5.74) is 1.28. The molecular formula is C11H18ClNO. The smallest absolute Gasteiger partial charge is 0.119 e. The Morgan fingerprint density at radius 2 is 1.93 bits per heavy atom. The van der Waals surface area contributed by atoms with Gasteiger partial charge in [-0.15, -0.1) is 12.4 Å². The van der Waals surface area contributed by atoms with Crippen LogP contribution in [0.25, 0.3) is 0 Å². The lowest BCUT2D eigenvalue weighted by Crippen LogP contribution is -2.16. The van der Waals surface area contributed by atoms with Crippen molar-refractivity contribution in [3.63, 3.8) is 0 Å². The fourth-order valence-electron chi connectivity index (χ4n) is 1.20. The number of benzene rings is 1. The van der Waals surface area contributed by atoms with Gasteiger partial charge in [-0.1, -0.05) is 12.1 Å². The molecule has 0 aliphatic rings. The molecule has 1 unspecified atom stereocenters. The molecule has 1 atom stereocenters. The quantitative estimate of drug-likeness (QED) is 0.769. The van der Waals surface area contributed by atoms with Crippen molar-refractivity contribution in [1.29, 1.82) is 0 Å². The molecule has 0 amide bonds. The zero-order valence-electron chi connectivity index (χ0n) is 9.15. The predicted molar refractivity (Wildman–Crippen MR) is 62.3 cm³/mol. The largest absolute Gasteiger partial charge is 0.497 e. The first-order valence-corrected chi connectivity index (χ1v) is 4.45. The molecule has 80 valence electrons. The van der Waals surface area contributed by atoms with Crippen molar-refractivity contribution < 1.29 is 4.74 Å². The number of ether oxygens (including phenoxy) is 1. The molecule has 0 heterocycles. The zero-order valence-corrected chi connectivity index (χ0v) is 9.97. The van der Waals surface area contributed by atoms with Crippen LogP contribution < -0.4 is 4.74 Å². The Kier molecular flexibility index (Phi) is 5.58. The second kappa shape index (κ2) is 5.89. The van der Waals surface area contributed by atoms with Crippen molar-refractivity contribution >= 4 is 12.4 Å². The molecule has 14 heavy (non-hydrogen) atoms. The standard InChI is InChI=1S/C11H17NO.ClH/c1-9(12(2)3)10-6-5-7-11(8-10)13-4;/h5-9H,1-4H3;1H. The fraction of sp³-hybridized carbons (Fsp3) is 0.455. The monoisotopic (exact) mass is 215 g/mol. The van der Waals surface area contributed by atoms with Gasteiger partial charge in [0.1, 0.15) is 5.75 Å². The van der Waals surface area contributed by atoms with Crippen LogP contribution in [0.3, 0.4) is 0 Å². The highest BCUT2D eigenvalue weighted by atomic mass is 35.5. The lowest BCUT2D eigenvalue weighted by molar-refractivity contribution is 0.319. The predicted octanol–water partition coefficient (Wildman–Crippen LogP) is 2.74. The van der Waals surface area contributed by atoms with E-state index < -0.39 is 0 Å². The molecule has 3 heteroatoms. The average Bonchev–Trinajstić information content (AvgIpc) is 2.16. The van der Waals surface area contributed by atoms with Crippen molar-refractivity contribution in [2.45, 2.75) is 13.0 Å². The number of halogens is 1. The third kappa shape index (κ3) is 3.20. The molecule has 0 spiro atoms. The lowest BCUT2D eigenvalue weighted by atomic mass is 10.1. The van der Waals surface area contributed by atoms with Gasteiger partial charge in [0.2, 0.25) is 0 Å². The number of methoxy groups -OCH3 is 1. The Bertz CT molecular complexity index is 276.